The highest BCUT2D eigenvalue weighted by Gasteiger charge is 2.49. The highest BCUT2D eigenvalue weighted by Crippen LogP contribution is 2.50. The van der Waals surface area contributed by atoms with Crippen LogP contribution in [0.3, 0.4) is 0 Å². The fraction of sp³-hybridized carbons (Fsp3) is 0.467. The molecule has 0 saturated carbocycles. The summed E-state index contributed by atoms with van der Waals surface area (Å²) in [6, 6.07) is 6.20. The number of carbonyl (C=O) groups excluding carboxylic acids is 2. The maximum Gasteiger partial charge on any atom is 0.234 e. The van der Waals surface area contributed by atoms with Gasteiger partial charge in [0.25, 0.3) is 0 Å². The first-order chi connectivity index (χ1) is 9.61. The van der Waals surface area contributed by atoms with E-state index in [9.17, 15) is 14.0 Å². The second-order valence-corrected chi connectivity index (χ2v) is 6.78. The third kappa shape index (κ3) is 2.35. The monoisotopic (exact) mass is 293 g/mol. The summed E-state index contributed by atoms with van der Waals surface area (Å²) < 4.78 is 13.5. The average Bonchev–Trinajstić information content (AvgIpc) is 2.38. The van der Waals surface area contributed by atoms with E-state index < -0.39 is 5.92 Å². The van der Waals surface area contributed by atoms with E-state index in [-0.39, 0.29) is 23.0 Å². The van der Waals surface area contributed by atoms with Gasteiger partial charge in [0.05, 0.1) is 5.92 Å². The molecule has 0 bridgehead atoms. The second kappa shape index (κ2) is 5.20. The fourth-order valence-corrected chi connectivity index (χ4v) is 4.69. The summed E-state index contributed by atoms with van der Waals surface area (Å²) in [6.45, 7) is 0. The number of halogens is 1. The first-order valence-electron chi connectivity index (χ1n) is 6.78. The van der Waals surface area contributed by atoms with E-state index in [2.05, 4.69) is 5.32 Å². The zero-order chi connectivity index (χ0) is 14.2. The Balaban J connectivity index is 2.03. The lowest BCUT2D eigenvalue weighted by Crippen LogP contribution is -2.52. The number of rotatable bonds is 1. The van der Waals surface area contributed by atoms with E-state index in [1.807, 2.05) is 11.8 Å². The van der Waals surface area contributed by atoms with Gasteiger partial charge in [-0.3, -0.25) is 14.9 Å². The molecule has 0 aliphatic carbocycles. The van der Waals surface area contributed by atoms with Crippen LogP contribution in [-0.2, 0) is 9.59 Å². The largest absolute Gasteiger partial charge is 0.296 e. The van der Waals surface area contributed by atoms with Crippen molar-refractivity contribution in [3.63, 3.8) is 0 Å². The number of benzene rings is 1. The molecule has 1 spiro atoms. The Hall–Kier alpha value is -1.36. The minimum atomic E-state index is -0.420. The highest BCUT2D eigenvalue weighted by molar-refractivity contribution is 7.99. The van der Waals surface area contributed by atoms with Gasteiger partial charge in [-0.1, -0.05) is 12.1 Å². The molecular weight excluding hydrogens is 277 g/mol. The van der Waals surface area contributed by atoms with E-state index in [4.69, 9.17) is 0 Å². The zero-order valence-corrected chi connectivity index (χ0v) is 11.8. The number of piperidine rings is 1. The van der Waals surface area contributed by atoms with E-state index in [0.717, 1.165) is 24.3 Å². The third-order valence-electron chi connectivity index (χ3n) is 4.32. The number of amides is 2. The van der Waals surface area contributed by atoms with Gasteiger partial charge < -0.3 is 0 Å². The smallest absolute Gasteiger partial charge is 0.234 e. The van der Waals surface area contributed by atoms with Crippen LogP contribution in [0.1, 0.15) is 30.7 Å². The number of imide groups is 1. The lowest BCUT2D eigenvalue weighted by Gasteiger charge is -2.45. The zero-order valence-electron chi connectivity index (χ0n) is 11.0. The van der Waals surface area contributed by atoms with Crippen LogP contribution in [0.2, 0.25) is 0 Å². The first kappa shape index (κ1) is 13.6. The summed E-state index contributed by atoms with van der Waals surface area (Å²) in [5, 5.41) is 2.41. The Morgan fingerprint density at radius 1 is 1.25 bits per heavy atom. The lowest BCUT2D eigenvalue weighted by atomic mass is 9.64. The number of nitrogens with one attached hydrogen (secondary N) is 1. The van der Waals surface area contributed by atoms with Crippen molar-refractivity contribution in [2.45, 2.75) is 25.2 Å². The topological polar surface area (TPSA) is 46.2 Å². The molecule has 2 saturated heterocycles. The molecule has 1 aromatic carbocycles. The fourth-order valence-electron chi connectivity index (χ4n) is 3.39. The summed E-state index contributed by atoms with van der Waals surface area (Å²) in [5.74, 6) is 0.663. The van der Waals surface area contributed by atoms with Gasteiger partial charge in [0, 0.05) is 6.42 Å². The molecule has 106 valence electrons. The van der Waals surface area contributed by atoms with Gasteiger partial charge in [-0.05, 0) is 47.5 Å². The van der Waals surface area contributed by atoms with Crippen molar-refractivity contribution < 1.29 is 14.0 Å². The Bertz CT molecular complexity index is 555. The first-order valence-corrected chi connectivity index (χ1v) is 7.93. The third-order valence-corrected chi connectivity index (χ3v) is 5.31. The van der Waals surface area contributed by atoms with E-state index in [0.29, 0.717) is 12.0 Å². The van der Waals surface area contributed by atoms with Crippen molar-refractivity contribution in [1.29, 1.82) is 0 Å². The predicted octanol–water partition coefficient (Wildman–Crippen LogP) is 2.47. The summed E-state index contributed by atoms with van der Waals surface area (Å²) in [6.07, 6.45) is 2.02. The molecule has 1 N–H and O–H groups in total. The van der Waals surface area contributed by atoms with E-state index >= 15 is 0 Å². The molecule has 2 aliphatic heterocycles. The normalized spacial score (nSPS) is 25.6. The molecule has 3 nitrogen and oxygen atoms in total. The van der Waals surface area contributed by atoms with Gasteiger partial charge in [0.2, 0.25) is 11.8 Å². The number of hydrogen-bond acceptors (Lipinski definition) is 3. The Morgan fingerprint density at radius 2 is 2.00 bits per heavy atom. The summed E-state index contributed by atoms with van der Waals surface area (Å²) >= 11 is 1.85. The standard InChI is InChI=1S/C15H16FNO2S/c16-11-3-1-2-10(8-11)13-14(19)17-12(18)9-15(13)4-6-20-7-5-15/h1-3,8,13H,4-7,9H2,(H,17,18,19). The number of thioether (sulfide) groups is 1. The van der Waals surface area contributed by atoms with Crippen LogP contribution >= 0.6 is 11.8 Å². The molecule has 1 aromatic rings. The molecule has 0 radical (unpaired) electrons. The van der Waals surface area contributed by atoms with Gasteiger partial charge in [0.1, 0.15) is 5.82 Å². The minimum absolute atomic E-state index is 0.199. The molecule has 0 aromatic heterocycles. The molecule has 5 heteroatoms. The summed E-state index contributed by atoms with van der Waals surface area (Å²) in [5.41, 5.74) is 0.347. The number of hydrogen-bond donors (Lipinski definition) is 1. The van der Waals surface area contributed by atoms with E-state index in [1.54, 1.807) is 12.1 Å². The van der Waals surface area contributed by atoms with Crippen LogP contribution in [0.4, 0.5) is 4.39 Å². The average molecular weight is 293 g/mol. The second-order valence-electron chi connectivity index (χ2n) is 5.55. The maximum absolute atomic E-state index is 13.5. The van der Waals surface area contributed by atoms with Crippen LogP contribution in [0.15, 0.2) is 24.3 Å². The molecule has 1 atom stereocenters. The van der Waals surface area contributed by atoms with Gasteiger partial charge >= 0.3 is 0 Å². The summed E-state index contributed by atoms with van der Waals surface area (Å²) in [7, 11) is 0. The van der Waals surface area contributed by atoms with Crippen molar-refractivity contribution in [2.24, 2.45) is 5.41 Å². The molecular formula is C15H16FNO2S. The molecule has 2 fully saturated rings. The van der Waals surface area contributed by atoms with Crippen LogP contribution < -0.4 is 5.32 Å². The van der Waals surface area contributed by atoms with Gasteiger partial charge in [-0.25, -0.2) is 4.39 Å². The Labute approximate surface area is 121 Å². The van der Waals surface area contributed by atoms with Crippen molar-refractivity contribution in [1.82, 2.24) is 5.32 Å². The van der Waals surface area contributed by atoms with E-state index in [1.165, 1.54) is 12.1 Å². The van der Waals surface area contributed by atoms with Crippen LogP contribution in [0.5, 0.6) is 0 Å². The molecule has 2 amide bonds. The lowest BCUT2D eigenvalue weighted by molar-refractivity contribution is -0.140. The summed E-state index contributed by atoms with van der Waals surface area (Å²) in [4.78, 5) is 24.1. The quantitative estimate of drug-likeness (QED) is 0.809. The minimum Gasteiger partial charge on any atom is -0.296 e. The van der Waals surface area contributed by atoms with Crippen LogP contribution in [0.25, 0.3) is 0 Å². The molecule has 2 heterocycles. The Kier molecular flexibility index (Phi) is 3.54. The predicted molar refractivity (Wildman–Crippen MR) is 75.9 cm³/mol. The van der Waals surface area contributed by atoms with Gasteiger partial charge in [0.15, 0.2) is 0 Å². The van der Waals surface area contributed by atoms with Crippen LogP contribution in [-0.4, -0.2) is 23.3 Å². The van der Waals surface area contributed by atoms with Crippen molar-refractivity contribution in [2.75, 3.05) is 11.5 Å². The van der Waals surface area contributed by atoms with Gasteiger partial charge in [-0.15, -0.1) is 0 Å². The molecule has 3 rings (SSSR count). The Morgan fingerprint density at radius 3 is 2.70 bits per heavy atom. The van der Waals surface area contributed by atoms with Crippen molar-refractivity contribution in [3.8, 4) is 0 Å². The SMILES string of the molecule is O=C1CC2(CCSCC2)C(c2cccc(F)c2)C(=O)N1. The number of carbonyl (C=O) groups is 2. The maximum atomic E-state index is 13.5. The van der Waals surface area contributed by atoms with Crippen molar-refractivity contribution >= 4 is 23.6 Å². The highest BCUT2D eigenvalue weighted by atomic mass is 32.2. The molecule has 1 unspecified atom stereocenters. The van der Waals surface area contributed by atoms with Gasteiger partial charge in [-0.2, -0.15) is 11.8 Å². The molecule has 20 heavy (non-hydrogen) atoms. The van der Waals surface area contributed by atoms with Crippen molar-refractivity contribution in [3.05, 3.63) is 35.6 Å². The van der Waals surface area contributed by atoms with Crippen LogP contribution in [0, 0.1) is 11.2 Å². The molecule has 2 aliphatic rings.